The van der Waals surface area contributed by atoms with Gasteiger partial charge in [-0.3, -0.25) is 0 Å². The highest BCUT2D eigenvalue weighted by Gasteiger charge is 2.26. The molecule has 0 saturated heterocycles. The van der Waals surface area contributed by atoms with Gasteiger partial charge in [0.15, 0.2) is 0 Å². The van der Waals surface area contributed by atoms with Gasteiger partial charge in [-0.05, 0) is 49.6 Å². The molecule has 1 aliphatic rings. The van der Waals surface area contributed by atoms with Crippen LogP contribution in [0.3, 0.4) is 0 Å². The maximum absolute atomic E-state index is 3.83. The largest absolute Gasteiger partial charge is 0.307 e. The molecule has 1 aromatic rings. The van der Waals surface area contributed by atoms with E-state index in [1.807, 2.05) is 0 Å². The zero-order valence-corrected chi connectivity index (χ0v) is 12.6. The lowest BCUT2D eigenvalue weighted by Crippen LogP contribution is -2.34. The molecule has 18 heavy (non-hydrogen) atoms. The quantitative estimate of drug-likeness (QED) is 0.777. The Morgan fingerprint density at radius 2 is 2.00 bits per heavy atom. The van der Waals surface area contributed by atoms with E-state index in [0.29, 0.717) is 6.04 Å². The molecule has 0 amide bonds. The third-order valence-corrected chi connectivity index (χ3v) is 5.01. The molecular formula is C16H25NS. The topological polar surface area (TPSA) is 12.0 Å². The SMILES string of the molecule is CCC1CCCC1NC(C)c1ccc(SC)cc1. The van der Waals surface area contributed by atoms with Crippen molar-refractivity contribution in [2.24, 2.45) is 5.92 Å². The summed E-state index contributed by atoms with van der Waals surface area (Å²) in [5.74, 6) is 0.887. The van der Waals surface area contributed by atoms with Crippen molar-refractivity contribution < 1.29 is 0 Å². The van der Waals surface area contributed by atoms with Crippen molar-refractivity contribution in [1.29, 1.82) is 0 Å². The first-order chi connectivity index (χ1) is 8.74. The number of rotatable bonds is 5. The van der Waals surface area contributed by atoms with Crippen LogP contribution in [0.4, 0.5) is 0 Å². The number of thioether (sulfide) groups is 1. The molecule has 0 aromatic heterocycles. The van der Waals surface area contributed by atoms with Crippen molar-refractivity contribution in [1.82, 2.24) is 5.32 Å². The molecule has 1 nitrogen and oxygen atoms in total. The Kier molecular flexibility index (Phi) is 5.13. The van der Waals surface area contributed by atoms with Crippen molar-refractivity contribution in [2.75, 3.05) is 6.26 Å². The van der Waals surface area contributed by atoms with Crippen molar-refractivity contribution in [3.05, 3.63) is 29.8 Å². The normalized spacial score (nSPS) is 25.3. The summed E-state index contributed by atoms with van der Waals surface area (Å²) in [6.07, 6.45) is 7.60. The molecule has 0 spiro atoms. The van der Waals surface area contributed by atoms with E-state index in [9.17, 15) is 0 Å². The van der Waals surface area contributed by atoms with Crippen LogP contribution in [0, 0.1) is 5.92 Å². The maximum Gasteiger partial charge on any atom is 0.0294 e. The third-order valence-electron chi connectivity index (χ3n) is 4.26. The monoisotopic (exact) mass is 263 g/mol. The number of benzene rings is 1. The molecule has 0 bridgehead atoms. The summed E-state index contributed by atoms with van der Waals surface area (Å²) in [6, 6.07) is 10.2. The van der Waals surface area contributed by atoms with Gasteiger partial charge in [-0.1, -0.05) is 31.9 Å². The van der Waals surface area contributed by atoms with Crippen LogP contribution in [-0.4, -0.2) is 12.3 Å². The molecule has 2 rings (SSSR count). The predicted octanol–water partition coefficient (Wildman–Crippen LogP) is 4.64. The van der Waals surface area contributed by atoms with Gasteiger partial charge in [-0.2, -0.15) is 0 Å². The van der Waals surface area contributed by atoms with Crippen LogP contribution in [0.5, 0.6) is 0 Å². The highest BCUT2D eigenvalue weighted by molar-refractivity contribution is 7.98. The molecule has 3 unspecified atom stereocenters. The molecule has 1 aliphatic carbocycles. The lowest BCUT2D eigenvalue weighted by atomic mass is 9.98. The highest BCUT2D eigenvalue weighted by atomic mass is 32.2. The Hall–Kier alpha value is -0.470. The summed E-state index contributed by atoms with van der Waals surface area (Å²) < 4.78 is 0. The van der Waals surface area contributed by atoms with Crippen LogP contribution in [0.25, 0.3) is 0 Å². The molecule has 1 saturated carbocycles. The standard InChI is InChI=1S/C16H25NS/c1-4-13-6-5-7-16(13)17-12(2)14-8-10-15(18-3)11-9-14/h8-13,16-17H,4-7H2,1-3H3. The van der Waals surface area contributed by atoms with Crippen molar-refractivity contribution in [2.45, 2.75) is 56.5 Å². The molecule has 3 atom stereocenters. The van der Waals surface area contributed by atoms with Gasteiger partial charge in [0.1, 0.15) is 0 Å². The van der Waals surface area contributed by atoms with Crippen molar-refractivity contribution >= 4 is 11.8 Å². The van der Waals surface area contributed by atoms with Crippen molar-refractivity contribution in [3.8, 4) is 0 Å². The molecule has 1 fully saturated rings. The summed E-state index contributed by atoms with van der Waals surface area (Å²) in [4.78, 5) is 1.35. The summed E-state index contributed by atoms with van der Waals surface area (Å²) in [6.45, 7) is 4.61. The summed E-state index contributed by atoms with van der Waals surface area (Å²) in [7, 11) is 0. The zero-order valence-electron chi connectivity index (χ0n) is 11.8. The fourth-order valence-corrected chi connectivity index (χ4v) is 3.46. The van der Waals surface area contributed by atoms with E-state index in [-0.39, 0.29) is 0 Å². The zero-order chi connectivity index (χ0) is 13.0. The van der Waals surface area contributed by atoms with Gasteiger partial charge in [0.25, 0.3) is 0 Å². The molecule has 100 valence electrons. The molecular weight excluding hydrogens is 238 g/mol. The molecule has 1 aromatic carbocycles. The van der Waals surface area contributed by atoms with E-state index in [4.69, 9.17) is 0 Å². The minimum Gasteiger partial charge on any atom is -0.307 e. The first-order valence-corrected chi connectivity index (χ1v) is 8.37. The lowest BCUT2D eigenvalue weighted by molar-refractivity contribution is 0.360. The first-order valence-electron chi connectivity index (χ1n) is 7.14. The number of hydrogen-bond acceptors (Lipinski definition) is 2. The highest BCUT2D eigenvalue weighted by Crippen LogP contribution is 2.30. The van der Waals surface area contributed by atoms with E-state index in [0.717, 1.165) is 12.0 Å². The Labute approximate surface area is 116 Å². The van der Waals surface area contributed by atoms with Crippen LogP contribution in [-0.2, 0) is 0 Å². The average molecular weight is 263 g/mol. The van der Waals surface area contributed by atoms with E-state index in [2.05, 4.69) is 49.7 Å². The second-order valence-corrected chi connectivity index (χ2v) is 6.25. The average Bonchev–Trinajstić information content (AvgIpc) is 2.86. The fraction of sp³-hybridized carbons (Fsp3) is 0.625. The van der Waals surface area contributed by atoms with Gasteiger partial charge in [-0.25, -0.2) is 0 Å². The molecule has 0 radical (unpaired) electrons. The smallest absolute Gasteiger partial charge is 0.0294 e. The molecule has 0 aliphatic heterocycles. The van der Waals surface area contributed by atoms with Gasteiger partial charge in [-0.15, -0.1) is 11.8 Å². The van der Waals surface area contributed by atoms with E-state index in [1.54, 1.807) is 11.8 Å². The minimum absolute atomic E-state index is 0.470. The van der Waals surface area contributed by atoms with E-state index >= 15 is 0 Å². The van der Waals surface area contributed by atoms with E-state index < -0.39 is 0 Å². The van der Waals surface area contributed by atoms with Crippen molar-refractivity contribution in [3.63, 3.8) is 0 Å². The van der Waals surface area contributed by atoms with E-state index in [1.165, 1.54) is 36.1 Å². The second-order valence-electron chi connectivity index (χ2n) is 5.37. The van der Waals surface area contributed by atoms with Crippen LogP contribution >= 0.6 is 11.8 Å². The molecule has 2 heteroatoms. The third kappa shape index (κ3) is 3.30. The lowest BCUT2D eigenvalue weighted by Gasteiger charge is -2.24. The van der Waals surface area contributed by atoms with Gasteiger partial charge in [0.2, 0.25) is 0 Å². The van der Waals surface area contributed by atoms with Crippen LogP contribution < -0.4 is 5.32 Å². The van der Waals surface area contributed by atoms with Gasteiger partial charge >= 0.3 is 0 Å². The molecule has 1 N–H and O–H groups in total. The van der Waals surface area contributed by atoms with Gasteiger partial charge in [0, 0.05) is 17.0 Å². The maximum atomic E-state index is 3.83. The van der Waals surface area contributed by atoms with Crippen LogP contribution in [0.15, 0.2) is 29.2 Å². The number of nitrogens with one attached hydrogen (secondary N) is 1. The Morgan fingerprint density at radius 3 is 2.61 bits per heavy atom. The first kappa shape index (κ1) is 14.0. The number of hydrogen-bond donors (Lipinski definition) is 1. The Bertz CT molecular complexity index is 360. The van der Waals surface area contributed by atoms with Crippen LogP contribution in [0.1, 0.15) is 51.1 Å². The summed E-state index contributed by atoms with van der Waals surface area (Å²) >= 11 is 1.81. The fourth-order valence-electron chi connectivity index (χ4n) is 3.05. The predicted molar refractivity (Wildman–Crippen MR) is 81.2 cm³/mol. The van der Waals surface area contributed by atoms with Gasteiger partial charge in [0.05, 0.1) is 0 Å². The summed E-state index contributed by atoms with van der Waals surface area (Å²) in [5.41, 5.74) is 1.41. The Morgan fingerprint density at radius 1 is 1.28 bits per heavy atom. The molecule has 0 heterocycles. The minimum atomic E-state index is 0.470. The Balaban J connectivity index is 1.95. The van der Waals surface area contributed by atoms with Gasteiger partial charge < -0.3 is 5.32 Å². The second kappa shape index (κ2) is 6.63. The summed E-state index contributed by atoms with van der Waals surface area (Å²) in [5, 5.41) is 3.83. The van der Waals surface area contributed by atoms with Crippen LogP contribution in [0.2, 0.25) is 0 Å².